The maximum atomic E-state index is 12.7. The number of anilines is 1. The Kier molecular flexibility index (Phi) is 6.12. The van der Waals surface area contributed by atoms with Crippen molar-refractivity contribution in [2.75, 3.05) is 31.0 Å². The van der Waals surface area contributed by atoms with Gasteiger partial charge in [-0.1, -0.05) is 42.5 Å². The molecule has 9 heteroatoms. The van der Waals surface area contributed by atoms with Gasteiger partial charge in [-0.05, 0) is 23.3 Å². The maximum Gasteiger partial charge on any atom is 0.263 e. The van der Waals surface area contributed by atoms with Crippen molar-refractivity contribution in [3.63, 3.8) is 0 Å². The number of hydrogen-bond donors (Lipinski definition) is 1. The van der Waals surface area contributed by atoms with Crippen molar-refractivity contribution in [3.05, 3.63) is 65.7 Å². The lowest BCUT2D eigenvalue weighted by atomic mass is 10.1. The van der Waals surface area contributed by atoms with Crippen LogP contribution in [0.5, 0.6) is 0 Å². The Hall–Kier alpha value is -2.75. The molecule has 1 aliphatic rings. The SMILES string of the molecule is O=C(Cc1csc(NS(=O)(=O)c2ccc(-c3ccccc3)cc2)n1)N1CCOCC1. The molecule has 0 radical (unpaired) electrons. The van der Waals surface area contributed by atoms with Crippen molar-refractivity contribution < 1.29 is 17.9 Å². The molecule has 1 amide bonds. The Morgan fingerprint density at radius 3 is 2.40 bits per heavy atom. The first kappa shape index (κ1) is 20.5. The van der Waals surface area contributed by atoms with E-state index in [-0.39, 0.29) is 22.4 Å². The van der Waals surface area contributed by atoms with Gasteiger partial charge in [0.25, 0.3) is 10.0 Å². The van der Waals surface area contributed by atoms with Gasteiger partial charge in [0.1, 0.15) is 0 Å². The fraction of sp³-hybridized carbons (Fsp3) is 0.238. The highest BCUT2D eigenvalue weighted by atomic mass is 32.2. The first-order chi connectivity index (χ1) is 14.5. The van der Waals surface area contributed by atoms with Crippen molar-refractivity contribution in [1.29, 1.82) is 0 Å². The van der Waals surface area contributed by atoms with E-state index in [4.69, 9.17) is 4.74 Å². The summed E-state index contributed by atoms with van der Waals surface area (Å²) >= 11 is 1.16. The number of aromatic nitrogens is 1. The van der Waals surface area contributed by atoms with E-state index in [0.29, 0.717) is 32.0 Å². The predicted octanol–water partition coefficient (Wildman–Crippen LogP) is 3.01. The van der Waals surface area contributed by atoms with Crippen LogP contribution in [0, 0.1) is 0 Å². The van der Waals surface area contributed by atoms with E-state index in [1.54, 1.807) is 34.5 Å². The lowest BCUT2D eigenvalue weighted by molar-refractivity contribution is -0.134. The van der Waals surface area contributed by atoms with Crippen molar-refractivity contribution in [1.82, 2.24) is 9.88 Å². The van der Waals surface area contributed by atoms with Crippen LogP contribution < -0.4 is 4.72 Å². The summed E-state index contributed by atoms with van der Waals surface area (Å²) in [4.78, 5) is 18.5. The highest BCUT2D eigenvalue weighted by Crippen LogP contribution is 2.24. The second-order valence-corrected chi connectivity index (χ2v) is 9.35. The summed E-state index contributed by atoms with van der Waals surface area (Å²) in [5, 5.41) is 1.95. The number of hydrogen-bond acceptors (Lipinski definition) is 6. The summed E-state index contributed by atoms with van der Waals surface area (Å²) in [6, 6.07) is 16.4. The Labute approximate surface area is 179 Å². The number of amides is 1. The fourth-order valence-electron chi connectivity index (χ4n) is 3.15. The normalized spacial score (nSPS) is 14.5. The van der Waals surface area contributed by atoms with Crippen LogP contribution in [-0.4, -0.2) is 50.5 Å². The van der Waals surface area contributed by atoms with E-state index in [1.165, 1.54) is 0 Å². The molecule has 0 bridgehead atoms. The van der Waals surface area contributed by atoms with Gasteiger partial charge >= 0.3 is 0 Å². The zero-order valence-electron chi connectivity index (χ0n) is 16.2. The molecule has 0 unspecified atom stereocenters. The van der Waals surface area contributed by atoms with E-state index in [1.807, 2.05) is 30.3 Å². The molecule has 0 aliphatic carbocycles. The lowest BCUT2D eigenvalue weighted by Gasteiger charge is -2.26. The number of nitrogens with zero attached hydrogens (tertiary/aromatic N) is 2. The number of sulfonamides is 1. The molecular formula is C21H21N3O4S2. The predicted molar refractivity (Wildman–Crippen MR) is 116 cm³/mol. The molecule has 0 atom stereocenters. The molecule has 1 fully saturated rings. The number of nitrogens with one attached hydrogen (secondary N) is 1. The molecule has 0 spiro atoms. The number of morpholine rings is 1. The number of rotatable bonds is 6. The van der Waals surface area contributed by atoms with Gasteiger partial charge in [-0.2, -0.15) is 0 Å². The molecule has 1 aromatic heterocycles. The van der Waals surface area contributed by atoms with Gasteiger partial charge in [-0.15, -0.1) is 11.3 Å². The smallest absolute Gasteiger partial charge is 0.263 e. The minimum Gasteiger partial charge on any atom is -0.378 e. The van der Waals surface area contributed by atoms with Crippen molar-refractivity contribution in [3.8, 4) is 11.1 Å². The zero-order valence-corrected chi connectivity index (χ0v) is 17.8. The molecule has 3 aromatic rings. The molecule has 2 heterocycles. The van der Waals surface area contributed by atoms with E-state index >= 15 is 0 Å². The van der Waals surface area contributed by atoms with Crippen LogP contribution >= 0.6 is 11.3 Å². The molecule has 1 N–H and O–H groups in total. The average molecular weight is 444 g/mol. The van der Waals surface area contributed by atoms with Gasteiger partial charge in [-0.3, -0.25) is 9.52 Å². The Morgan fingerprint density at radius 1 is 1.03 bits per heavy atom. The highest BCUT2D eigenvalue weighted by molar-refractivity contribution is 7.93. The van der Waals surface area contributed by atoms with Gasteiger partial charge in [0.15, 0.2) is 5.13 Å². The Bertz CT molecular complexity index is 1110. The third-order valence-corrected chi connectivity index (χ3v) is 7.03. The number of carbonyl (C=O) groups excluding carboxylic acids is 1. The molecule has 1 aliphatic heterocycles. The van der Waals surface area contributed by atoms with Gasteiger partial charge in [0.2, 0.25) is 5.91 Å². The first-order valence-electron chi connectivity index (χ1n) is 9.49. The fourth-order valence-corrected chi connectivity index (χ4v) is 5.11. The van der Waals surface area contributed by atoms with Crippen molar-refractivity contribution in [2.24, 2.45) is 0 Å². The molecule has 2 aromatic carbocycles. The molecule has 0 saturated carbocycles. The number of ether oxygens (including phenoxy) is 1. The average Bonchev–Trinajstić information content (AvgIpc) is 3.21. The van der Waals surface area contributed by atoms with Crippen LogP contribution in [0.1, 0.15) is 5.69 Å². The second-order valence-electron chi connectivity index (χ2n) is 6.81. The first-order valence-corrected chi connectivity index (χ1v) is 11.9. The lowest BCUT2D eigenvalue weighted by Crippen LogP contribution is -2.41. The minimum atomic E-state index is -3.76. The van der Waals surface area contributed by atoms with E-state index in [2.05, 4.69) is 9.71 Å². The van der Waals surface area contributed by atoms with Gasteiger partial charge < -0.3 is 9.64 Å². The van der Waals surface area contributed by atoms with E-state index in [0.717, 1.165) is 22.5 Å². The standard InChI is InChI=1S/C21H21N3O4S2/c25-20(24-10-12-28-13-11-24)14-18-15-29-21(22-18)23-30(26,27)19-8-6-17(7-9-19)16-4-2-1-3-5-16/h1-9,15H,10-14H2,(H,22,23). The van der Waals surface area contributed by atoms with Gasteiger partial charge in [-0.25, -0.2) is 13.4 Å². The van der Waals surface area contributed by atoms with Gasteiger partial charge in [0, 0.05) is 18.5 Å². The quantitative estimate of drug-likeness (QED) is 0.633. The summed E-state index contributed by atoms with van der Waals surface area (Å²) in [7, 11) is -3.76. The Balaban J connectivity index is 1.41. The van der Waals surface area contributed by atoms with Crippen molar-refractivity contribution >= 4 is 32.4 Å². The third kappa shape index (κ3) is 4.86. The summed E-state index contributed by atoms with van der Waals surface area (Å²) in [6.45, 7) is 2.22. The largest absolute Gasteiger partial charge is 0.378 e. The monoisotopic (exact) mass is 443 g/mol. The molecular weight excluding hydrogens is 422 g/mol. The molecule has 156 valence electrons. The van der Waals surface area contributed by atoms with Crippen molar-refractivity contribution in [2.45, 2.75) is 11.3 Å². The van der Waals surface area contributed by atoms with Gasteiger partial charge in [0.05, 0.1) is 30.2 Å². The number of thiazole rings is 1. The number of carbonyl (C=O) groups is 1. The van der Waals surface area contributed by atoms with E-state index in [9.17, 15) is 13.2 Å². The summed E-state index contributed by atoms with van der Waals surface area (Å²) in [6.07, 6.45) is 0.143. The maximum absolute atomic E-state index is 12.7. The molecule has 30 heavy (non-hydrogen) atoms. The summed E-state index contributed by atoms with van der Waals surface area (Å²) in [5.74, 6) is -0.0329. The highest BCUT2D eigenvalue weighted by Gasteiger charge is 2.20. The van der Waals surface area contributed by atoms with Crippen LogP contribution in [-0.2, 0) is 26.0 Å². The van der Waals surface area contributed by atoms with Crippen LogP contribution in [0.25, 0.3) is 11.1 Å². The molecule has 4 rings (SSSR count). The van der Waals surface area contributed by atoms with Crippen LogP contribution in [0.3, 0.4) is 0 Å². The second kappa shape index (κ2) is 8.95. The molecule has 7 nitrogen and oxygen atoms in total. The summed E-state index contributed by atoms with van der Waals surface area (Å²) < 4.78 is 33.1. The zero-order chi connectivity index (χ0) is 21.0. The molecule has 1 saturated heterocycles. The third-order valence-electron chi connectivity index (χ3n) is 4.74. The topological polar surface area (TPSA) is 88.6 Å². The minimum absolute atomic E-state index is 0.0329. The van der Waals surface area contributed by atoms with Crippen LogP contribution in [0.4, 0.5) is 5.13 Å². The van der Waals surface area contributed by atoms with Crippen LogP contribution in [0.2, 0.25) is 0 Å². The number of benzene rings is 2. The van der Waals surface area contributed by atoms with E-state index < -0.39 is 10.0 Å². The summed E-state index contributed by atoms with van der Waals surface area (Å²) in [5.41, 5.74) is 2.50. The van der Waals surface area contributed by atoms with Crippen LogP contribution in [0.15, 0.2) is 64.9 Å². The Morgan fingerprint density at radius 2 is 1.70 bits per heavy atom.